The largest absolute Gasteiger partial charge is 0.339 e. The average Bonchev–Trinajstić information content (AvgIpc) is 3.02. The second kappa shape index (κ2) is 9.56. The minimum atomic E-state index is -0.343. The van der Waals surface area contributed by atoms with Crippen molar-refractivity contribution in [2.45, 2.75) is 57.5 Å². The van der Waals surface area contributed by atoms with Crippen LogP contribution in [-0.2, 0) is 9.59 Å². The van der Waals surface area contributed by atoms with Gasteiger partial charge in [0.25, 0.3) is 0 Å². The Bertz CT molecular complexity index is 638. The van der Waals surface area contributed by atoms with Crippen molar-refractivity contribution in [2.75, 3.05) is 19.6 Å². The van der Waals surface area contributed by atoms with Crippen molar-refractivity contribution in [1.82, 2.24) is 9.80 Å². The highest BCUT2D eigenvalue weighted by molar-refractivity contribution is 5.88. The van der Waals surface area contributed by atoms with Crippen molar-refractivity contribution < 1.29 is 9.59 Å². The SMILES string of the molecule is CC(C)CC(C(=O)N1C[C@@H](N)[C@H](c2ccccc2)C1)N1CCCCC1=O.Cl. The van der Waals surface area contributed by atoms with Gasteiger partial charge in [-0.2, -0.15) is 0 Å². The first-order chi connectivity index (χ1) is 12.5. The Balaban J connectivity index is 0.00000261. The molecular weight excluding hydrogens is 362 g/mol. The summed E-state index contributed by atoms with van der Waals surface area (Å²) in [5.74, 6) is 0.720. The molecule has 0 aromatic heterocycles. The molecule has 5 nitrogen and oxygen atoms in total. The molecule has 3 atom stereocenters. The molecular formula is C21H32ClN3O2. The first-order valence-corrected chi connectivity index (χ1v) is 9.86. The Hall–Kier alpha value is -1.59. The van der Waals surface area contributed by atoms with Gasteiger partial charge in [-0.25, -0.2) is 0 Å². The lowest BCUT2D eigenvalue weighted by Crippen LogP contribution is -2.52. The molecule has 2 N–H and O–H groups in total. The summed E-state index contributed by atoms with van der Waals surface area (Å²) in [6.07, 6.45) is 3.20. The van der Waals surface area contributed by atoms with Gasteiger partial charge in [-0.1, -0.05) is 44.2 Å². The zero-order chi connectivity index (χ0) is 18.7. The second-order valence-corrected chi connectivity index (χ2v) is 8.11. The topological polar surface area (TPSA) is 66.6 Å². The molecule has 0 spiro atoms. The van der Waals surface area contributed by atoms with Gasteiger partial charge in [0.2, 0.25) is 11.8 Å². The number of halogens is 1. The van der Waals surface area contributed by atoms with E-state index in [0.717, 1.165) is 12.8 Å². The molecule has 27 heavy (non-hydrogen) atoms. The highest BCUT2D eigenvalue weighted by atomic mass is 35.5. The molecule has 0 bridgehead atoms. The van der Waals surface area contributed by atoms with E-state index in [9.17, 15) is 9.59 Å². The number of nitrogens with zero attached hydrogens (tertiary/aromatic N) is 2. The lowest BCUT2D eigenvalue weighted by molar-refractivity contribution is -0.147. The third-order valence-corrected chi connectivity index (χ3v) is 5.62. The normalized spacial score (nSPS) is 24.1. The van der Waals surface area contributed by atoms with Gasteiger partial charge in [0.05, 0.1) is 0 Å². The fraction of sp³-hybridized carbons (Fsp3) is 0.619. The van der Waals surface area contributed by atoms with Crippen molar-refractivity contribution in [3.05, 3.63) is 35.9 Å². The van der Waals surface area contributed by atoms with E-state index in [1.807, 2.05) is 28.0 Å². The van der Waals surface area contributed by atoms with Crippen LogP contribution in [-0.4, -0.2) is 53.3 Å². The number of carbonyl (C=O) groups excluding carboxylic acids is 2. The Kier molecular flexibility index (Phi) is 7.68. The Morgan fingerprint density at radius 2 is 1.89 bits per heavy atom. The summed E-state index contributed by atoms with van der Waals surface area (Å²) in [5.41, 5.74) is 7.56. The molecule has 0 radical (unpaired) electrons. The van der Waals surface area contributed by atoms with Gasteiger partial charge in [0, 0.05) is 38.0 Å². The fourth-order valence-electron chi connectivity index (χ4n) is 4.24. The predicted octanol–water partition coefficient (Wildman–Crippen LogP) is 2.79. The van der Waals surface area contributed by atoms with Crippen LogP contribution in [0.2, 0.25) is 0 Å². The maximum Gasteiger partial charge on any atom is 0.245 e. The highest BCUT2D eigenvalue weighted by Crippen LogP contribution is 2.29. The van der Waals surface area contributed by atoms with E-state index in [4.69, 9.17) is 5.73 Å². The number of amides is 2. The summed E-state index contributed by atoms with van der Waals surface area (Å²) in [6.45, 7) is 6.12. The fourth-order valence-corrected chi connectivity index (χ4v) is 4.24. The van der Waals surface area contributed by atoms with Crippen LogP contribution in [0.25, 0.3) is 0 Å². The number of hydrogen-bond acceptors (Lipinski definition) is 3. The highest BCUT2D eigenvalue weighted by Gasteiger charge is 2.39. The van der Waals surface area contributed by atoms with Crippen LogP contribution >= 0.6 is 12.4 Å². The summed E-state index contributed by atoms with van der Waals surface area (Å²) in [7, 11) is 0. The lowest BCUT2D eigenvalue weighted by Gasteiger charge is -2.36. The van der Waals surface area contributed by atoms with Crippen molar-refractivity contribution in [3.8, 4) is 0 Å². The Morgan fingerprint density at radius 1 is 1.19 bits per heavy atom. The number of rotatable bonds is 5. The molecule has 0 saturated carbocycles. The van der Waals surface area contributed by atoms with E-state index in [-0.39, 0.29) is 42.2 Å². The van der Waals surface area contributed by atoms with Crippen LogP contribution in [0.4, 0.5) is 0 Å². The van der Waals surface area contributed by atoms with Crippen LogP contribution in [0, 0.1) is 5.92 Å². The Labute approximate surface area is 168 Å². The molecule has 3 rings (SSSR count). The van der Waals surface area contributed by atoms with Gasteiger partial charge in [-0.15, -0.1) is 12.4 Å². The van der Waals surface area contributed by atoms with E-state index in [1.54, 1.807) is 0 Å². The molecule has 2 heterocycles. The van der Waals surface area contributed by atoms with Gasteiger partial charge in [0.15, 0.2) is 0 Å². The second-order valence-electron chi connectivity index (χ2n) is 8.11. The lowest BCUT2D eigenvalue weighted by atomic mass is 9.95. The van der Waals surface area contributed by atoms with Crippen molar-refractivity contribution in [1.29, 1.82) is 0 Å². The monoisotopic (exact) mass is 393 g/mol. The molecule has 2 amide bonds. The molecule has 2 saturated heterocycles. The van der Waals surface area contributed by atoms with Crippen LogP contribution in [0.5, 0.6) is 0 Å². The Morgan fingerprint density at radius 3 is 2.52 bits per heavy atom. The third kappa shape index (κ3) is 5.02. The van der Waals surface area contributed by atoms with Gasteiger partial charge < -0.3 is 15.5 Å². The number of benzene rings is 1. The molecule has 0 aliphatic carbocycles. The predicted molar refractivity (Wildman–Crippen MR) is 110 cm³/mol. The molecule has 2 fully saturated rings. The van der Waals surface area contributed by atoms with Crippen LogP contribution in [0.1, 0.15) is 51.0 Å². The van der Waals surface area contributed by atoms with Crippen LogP contribution < -0.4 is 5.73 Å². The molecule has 1 aromatic carbocycles. The summed E-state index contributed by atoms with van der Waals surface area (Å²) in [5, 5.41) is 0. The summed E-state index contributed by atoms with van der Waals surface area (Å²) < 4.78 is 0. The summed E-state index contributed by atoms with van der Waals surface area (Å²) in [6, 6.07) is 9.79. The number of piperidine rings is 1. The van der Waals surface area contributed by atoms with Gasteiger partial charge in [-0.3, -0.25) is 9.59 Å². The quantitative estimate of drug-likeness (QED) is 0.836. The van der Waals surface area contributed by atoms with Gasteiger partial charge >= 0.3 is 0 Å². The van der Waals surface area contributed by atoms with Crippen LogP contribution in [0.15, 0.2) is 30.3 Å². The number of likely N-dealkylation sites (tertiary alicyclic amines) is 2. The first-order valence-electron chi connectivity index (χ1n) is 9.86. The number of nitrogens with two attached hydrogens (primary N) is 1. The zero-order valence-corrected chi connectivity index (χ0v) is 17.2. The molecule has 1 unspecified atom stereocenters. The van der Waals surface area contributed by atoms with Gasteiger partial charge in [-0.05, 0) is 30.7 Å². The van der Waals surface area contributed by atoms with E-state index < -0.39 is 0 Å². The molecule has 6 heteroatoms. The van der Waals surface area contributed by atoms with Crippen molar-refractivity contribution in [3.63, 3.8) is 0 Å². The summed E-state index contributed by atoms with van der Waals surface area (Å²) >= 11 is 0. The van der Waals surface area contributed by atoms with Gasteiger partial charge in [0.1, 0.15) is 6.04 Å². The van der Waals surface area contributed by atoms with Crippen molar-refractivity contribution >= 4 is 24.2 Å². The van der Waals surface area contributed by atoms with E-state index >= 15 is 0 Å². The number of carbonyl (C=O) groups is 2. The van der Waals surface area contributed by atoms with Crippen molar-refractivity contribution in [2.24, 2.45) is 11.7 Å². The smallest absolute Gasteiger partial charge is 0.245 e. The molecule has 2 aliphatic rings. The maximum absolute atomic E-state index is 13.3. The first kappa shape index (κ1) is 21.7. The third-order valence-electron chi connectivity index (χ3n) is 5.62. The minimum Gasteiger partial charge on any atom is -0.339 e. The van der Waals surface area contributed by atoms with E-state index in [2.05, 4.69) is 26.0 Å². The molecule has 1 aromatic rings. The maximum atomic E-state index is 13.3. The minimum absolute atomic E-state index is 0. The average molecular weight is 394 g/mol. The summed E-state index contributed by atoms with van der Waals surface area (Å²) in [4.78, 5) is 29.5. The van der Waals surface area contributed by atoms with Crippen LogP contribution in [0.3, 0.4) is 0 Å². The van der Waals surface area contributed by atoms with E-state index in [0.29, 0.717) is 38.4 Å². The number of hydrogen-bond donors (Lipinski definition) is 1. The van der Waals surface area contributed by atoms with E-state index in [1.165, 1.54) is 5.56 Å². The zero-order valence-electron chi connectivity index (χ0n) is 16.3. The molecule has 150 valence electrons. The molecule has 2 aliphatic heterocycles. The standard InChI is InChI=1S/C21H31N3O2.ClH/c1-15(2)12-19(24-11-7-6-10-20(24)25)21(26)23-13-17(18(22)14-23)16-8-4-3-5-9-16;/h3-5,8-9,15,17-19H,6-7,10-14,22H2,1-2H3;1H/t17-,18+,19?;/m0./s1.